The molecular weight excluding hydrogens is 269 g/mol. The van der Waals surface area contributed by atoms with E-state index in [2.05, 4.69) is 5.32 Å². The van der Waals surface area contributed by atoms with E-state index < -0.39 is 24.9 Å². The first-order valence-electron chi connectivity index (χ1n) is 6.48. The largest absolute Gasteiger partial charge is 0.344 e. The quantitative estimate of drug-likeness (QED) is 0.916. The molecule has 0 spiro atoms. The summed E-state index contributed by atoms with van der Waals surface area (Å²) in [5, 5.41) is 2.54. The molecule has 1 fully saturated rings. The maximum absolute atomic E-state index is 13.0. The Morgan fingerprint density at radius 3 is 2.60 bits per heavy atom. The van der Waals surface area contributed by atoms with Gasteiger partial charge in [0.05, 0.1) is 12.6 Å². The number of alkyl halides is 2. The van der Waals surface area contributed by atoms with Crippen LogP contribution in [0.25, 0.3) is 0 Å². The average Bonchev–Trinajstić information content (AvgIpc) is 2.77. The van der Waals surface area contributed by atoms with Gasteiger partial charge in [0.2, 0.25) is 5.91 Å². The zero-order chi connectivity index (χ0) is 14.8. The third-order valence-corrected chi connectivity index (χ3v) is 3.43. The van der Waals surface area contributed by atoms with Crippen molar-refractivity contribution in [3.05, 3.63) is 35.6 Å². The molecule has 1 unspecified atom stereocenters. The lowest BCUT2D eigenvalue weighted by Gasteiger charge is -2.21. The van der Waals surface area contributed by atoms with E-state index in [1.165, 1.54) is 17.0 Å². The summed E-state index contributed by atoms with van der Waals surface area (Å²) >= 11 is 0. The normalized spacial score (nSPS) is 20.9. The summed E-state index contributed by atoms with van der Waals surface area (Å²) in [4.78, 5) is 13.4. The maximum atomic E-state index is 13.0. The molecule has 3 nitrogen and oxygen atoms in total. The fraction of sp³-hybridized carbons (Fsp3) is 0.500. The number of carbonyl (C=O) groups is 1. The van der Waals surface area contributed by atoms with Gasteiger partial charge in [-0.1, -0.05) is 12.1 Å². The number of halogens is 3. The lowest BCUT2D eigenvalue weighted by molar-refractivity contribution is -0.132. The summed E-state index contributed by atoms with van der Waals surface area (Å²) in [7, 11) is 1.59. The Morgan fingerprint density at radius 1 is 1.40 bits per heavy atom. The molecule has 0 aliphatic carbocycles. The number of amides is 1. The summed E-state index contributed by atoms with van der Waals surface area (Å²) in [6, 6.07) is 5.20. The molecule has 1 atom stereocenters. The molecule has 6 heteroatoms. The van der Waals surface area contributed by atoms with Gasteiger partial charge in [-0.25, -0.2) is 13.2 Å². The molecule has 1 saturated heterocycles. The minimum absolute atomic E-state index is 0.310. The van der Waals surface area contributed by atoms with Crippen LogP contribution in [0.15, 0.2) is 24.3 Å². The molecule has 110 valence electrons. The zero-order valence-electron chi connectivity index (χ0n) is 11.2. The van der Waals surface area contributed by atoms with Crippen LogP contribution in [0.4, 0.5) is 13.2 Å². The van der Waals surface area contributed by atoms with E-state index in [-0.39, 0.29) is 11.7 Å². The van der Waals surface area contributed by atoms with Crippen molar-refractivity contribution in [3.63, 3.8) is 0 Å². The van der Waals surface area contributed by atoms with Crippen LogP contribution in [0.3, 0.4) is 0 Å². The van der Waals surface area contributed by atoms with Gasteiger partial charge in [-0.3, -0.25) is 10.1 Å². The number of hydrogen-bond donors (Lipinski definition) is 1. The SMILES string of the molecule is CN(CCc1ccc(F)cc1)C(=O)C1CC(F)(F)CN1. The van der Waals surface area contributed by atoms with Gasteiger partial charge in [-0.15, -0.1) is 0 Å². The molecular formula is C14H17F3N2O. The first-order chi connectivity index (χ1) is 9.37. The monoisotopic (exact) mass is 286 g/mol. The van der Waals surface area contributed by atoms with E-state index >= 15 is 0 Å². The van der Waals surface area contributed by atoms with Crippen LogP contribution in [0, 0.1) is 5.82 Å². The van der Waals surface area contributed by atoms with Crippen LogP contribution in [-0.2, 0) is 11.2 Å². The highest BCUT2D eigenvalue weighted by atomic mass is 19.3. The Balaban J connectivity index is 1.84. The maximum Gasteiger partial charge on any atom is 0.262 e. The summed E-state index contributed by atoms with van der Waals surface area (Å²) in [5.74, 6) is -3.45. The number of likely N-dealkylation sites (N-methyl/N-ethyl adjacent to an activating group) is 1. The molecule has 20 heavy (non-hydrogen) atoms. The Labute approximate surface area is 115 Å². The molecule has 0 saturated carbocycles. The summed E-state index contributed by atoms with van der Waals surface area (Å²) in [6.07, 6.45) is 0.109. The van der Waals surface area contributed by atoms with Crippen LogP contribution in [-0.4, -0.2) is 42.9 Å². The third kappa shape index (κ3) is 3.72. The fourth-order valence-electron chi connectivity index (χ4n) is 2.21. The highest BCUT2D eigenvalue weighted by Crippen LogP contribution is 2.25. The van der Waals surface area contributed by atoms with Crippen molar-refractivity contribution in [1.29, 1.82) is 0 Å². The Kier molecular flexibility index (Phi) is 4.32. The molecule has 1 heterocycles. The van der Waals surface area contributed by atoms with E-state index in [0.29, 0.717) is 13.0 Å². The highest BCUT2D eigenvalue weighted by molar-refractivity contribution is 5.82. The van der Waals surface area contributed by atoms with Gasteiger partial charge in [0.1, 0.15) is 5.82 Å². The summed E-state index contributed by atoms with van der Waals surface area (Å²) < 4.78 is 38.8. The second-order valence-electron chi connectivity index (χ2n) is 5.13. The van der Waals surface area contributed by atoms with Crippen molar-refractivity contribution >= 4 is 5.91 Å². The second-order valence-corrected chi connectivity index (χ2v) is 5.13. The first-order valence-corrected chi connectivity index (χ1v) is 6.48. The van der Waals surface area contributed by atoms with Crippen molar-refractivity contribution in [1.82, 2.24) is 10.2 Å². The molecule has 2 rings (SSSR count). The molecule has 1 amide bonds. The zero-order valence-corrected chi connectivity index (χ0v) is 11.2. The third-order valence-electron chi connectivity index (χ3n) is 3.43. The van der Waals surface area contributed by atoms with Gasteiger partial charge in [-0.2, -0.15) is 0 Å². The number of rotatable bonds is 4. The lowest BCUT2D eigenvalue weighted by atomic mass is 10.1. The van der Waals surface area contributed by atoms with Crippen molar-refractivity contribution in [3.8, 4) is 0 Å². The Hall–Kier alpha value is -1.56. The molecule has 1 aromatic rings. The number of benzene rings is 1. The van der Waals surface area contributed by atoms with Crippen molar-refractivity contribution < 1.29 is 18.0 Å². The first kappa shape index (κ1) is 14.8. The molecule has 0 aromatic heterocycles. The Morgan fingerprint density at radius 2 is 2.05 bits per heavy atom. The van der Waals surface area contributed by atoms with Gasteiger partial charge in [-0.05, 0) is 24.1 Å². The van der Waals surface area contributed by atoms with Crippen molar-refractivity contribution in [2.45, 2.75) is 24.8 Å². The van der Waals surface area contributed by atoms with E-state index in [9.17, 15) is 18.0 Å². The molecule has 1 N–H and O–H groups in total. The highest BCUT2D eigenvalue weighted by Gasteiger charge is 2.42. The number of nitrogens with zero attached hydrogens (tertiary/aromatic N) is 1. The van der Waals surface area contributed by atoms with Crippen LogP contribution in [0.1, 0.15) is 12.0 Å². The topological polar surface area (TPSA) is 32.3 Å². The minimum Gasteiger partial charge on any atom is -0.344 e. The number of carbonyl (C=O) groups excluding carboxylic acids is 1. The second kappa shape index (κ2) is 5.83. The van der Waals surface area contributed by atoms with Gasteiger partial charge >= 0.3 is 0 Å². The lowest BCUT2D eigenvalue weighted by Crippen LogP contribution is -2.42. The molecule has 1 aromatic carbocycles. The van der Waals surface area contributed by atoms with Crippen LogP contribution < -0.4 is 5.32 Å². The van der Waals surface area contributed by atoms with Gasteiger partial charge in [0.25, 0.3) is 5.92 Å². The standard InChI is InChI=1S/C14H17F3N2O/c1-19(7-6-10-2-4-11(15)5-3-10)13(20)12-8-14(16,17)9-18-12/h2-5,12,18H,6-9H2,1H3. The molecule has 0 bridgehead atoms. The van der Waals surface area contributed by atoms with Gasteiger partial charge < -0.3 is 4.90 Å². The summed E-state index contributed by atoms with van der Waals surface area (Å²) in [6.45, 7) is -0.0383. The molecule has 1 aliphatic heterocycles. The van der Waals surface area contributed by atoms with E-state index in [1.54, 1.807) is 19.2 Å². The smallest absolute Gasteiger partial charge is 0.262 e. The molecule has 1 aliphatic rings. The van der Waals surface area contributed by atoms with Gasteiger partial charge in [0.15, 0.2) is 0 Å². The minimum atomic E-state index is -2.81. The molecule has 0 radical (unpaired) electrons. The average molecular weight is 286 g/mol. The number of hydrogen-bond acceptors (Lipinski definition) is 2. The number of nitrogens with one attached hydrogen (secondary N) is 1. The van der Waals surface area contributed by atoms with Gasteiger partial charge in [0, 0.05) is 20.0 Å². The predicted octanol–water partition coefficient (Wildman–Crippen LogP) is 1.82. The van der Waals surface area contributed by atoms with Crippen molar-refractivity contribution in [2.24, 2.45) is 0 Å². The van der Waals surface area contributed by atoms with Crippen LogP contribution in [0.2, 0.25) is 0 Å². The van der Waals surface area contributed by atoms with Crippen LogP contribution >= 0.6 is 0 Å². The van der Waals surface area contributed by atoms with E-state index in [0.717, 1.165) is 5.56 Å². The predicted molar refractivity (Wildman–Crippen MR) is 69.1 cm³/mol. The van der Waals surface area contributed by atoms with Crippen molar-refractivity contribution in [2.75, 3.05) is 20.1 Å². The summed E-state index contributed by atoms with van der Waals surface area (Å²) in [5.41, 5.74) is 0.899. The fourth-order valence-corrected chi connectivity index (χ4v) is 2.21. The van der Waals surface area contributed by atoms with E-state index in [1.807, 2.05) is 0 Å². The van der Waals surface area contributed by atoms with Crippen LogP contribution in [0.5, 0.6) is 0 Å². The Bertz CT molecular complexity index is 476. The van der Waals surface area contributed by atoms with E-state index in [4.69, 9.17) is 0 Å².